The van der Waals surface area contributed by atoms with Gasteiger partial charge in [0.2, 0.25) is 0 Å². The second-order valence-corrected chi connectivity index (χ2v) is 6.86. The van der Waals surface area contributed by atoms with Crippen LogP contribution >= 0.6 is 0 Å². The predicted molar refractivity (Wildman–Crippen MR) is 117 cm³/mol. The molecule has 2 aromatic rings. The maximum atomic E-state index is 12.6. The van der Waals surface area contributed by atoms with Gasteiger partial charge in [0.1, 0.15) is 5.75 Å². The zero-order valence-corrected chi connectivity index (χ0v) is 17.7. The molecule has 1 aliphatic rings. The minimum absolute atomic E-state index is 0.0541. The number of nitro benzene ring substituents is 1. The van der Waals surface area contributed by atoms with Crippen LogP contribution in [0.2, 0.25) is 0 Å². The Labute approximate surface area is 188 Å². The number of nitrogens with zero attached hydrogens (tertiary/aromatic N) is 2. The van der Waals surface area contributed by atoms with E-state index in [9.17, 15) is 24.5 Å². The Morgan fingerprint density at radius 3 is 2.45 bits per heavy atom. The van der Waals surface area contributed by atoms with Gasteiger partial charge in [-0.15, -0.1) is 0 Å². The second-order valence-electron chi connectivity index (χ2n) is 6.86. The third-order valence-electron chi connectivity index (χ3n) is 4.70. The van der Waals surface area contributed by atoms with Crippen LogP contribution in [0, 0.1) is 10.1 Å². The number of morpholine rings is 1. The molecule has 1 heterocycles. The highest BCUT2D eigenvalue weighted by molar-refractivity contribution is 6.03. The summed E-state index contributed by atoms with van der Waals surface area (Å²) < 4.78 is 15.3. The molecule has 0 atom stereocenters. The Morgan fingerprint density at radius 2 is 1.82 bits per heavy atom. The molecule has 0 unspecified atom stereocenters. The summed E-state index contributed by atoms with van der Waals surface area (Å²) in [6.07, 6.45) is 0. The summed E-state index contributed by atoms with van der Waals surface area (Å²) in [6, 6.07) is 9.46. The Kier molecular flexibility index (Phi) is 7.76. The SMILES string of the molecule is COc1ccc(NC(=O)NC(=O)COC(=O)c2cc([N+](=O)[O-])ccc2N2CCOCC2)cc1. The number of benzene rings is 2. The van der Waals surface area contributed by atoms with Crippen LogP contribution in [0.15, 0.2) is 42.5 Å². The van der Waals surface area contributed by atoms with Gasteiger partial charge >= 0.3 is 12.0 Å². The number of carbonyl (C=O) groups excluding carboxylic acids is 3. The van der Waals surface area contributed by atoms with Crippen molar-refractivity contribution in [2.75, 3.05) is 50.2 Å². The van der Waals surface area contributed by atoms with Crippen molar-refractivity contribution in [1.82, 2.24) is 5.32 Å². The lowest BCUT2D eigenvalue weighted by Gasteiger charge is -2.30. The molecular formula is C21H22N4O8. The van der Waals surface area contributed by atoms with Crippen molar-refractivity contribution in [1.29, 1.82) is 0 Å². The lowest BCUT2D eigenvalue weighted by atomic mass is 10.1. The molecule has 2 N–H and O–H groups in total. The fraction of sp³-hybridized carbons (Fsp3) is 0.286. The summed E-state index contributed by atoms with van der Waals surface area (Å²) in [5.74, 6) is -1.19. The van der Waals surface area contributed by atoms with Crippen molar-refractivity contribution >= 4 is 35.0 Å². The van der Waals surface area contributed by atoms with Crippen LogP contribution in [0.3, 0.4) is 0 Å². The lowest BCUT2D eigenvalue weighted by Crippen LogP contribution is -2.38. The third kappa shape index (κ3) is 6.40. The van der Waals surface area contributed by atoms with Crippen LogP contribution < -0.4 is 20.3 Å². The highest BCUT2D eigenvalue weighted by Gasteiger charge is 2.23. The molecule has 33 heavy (non-hydrogen) atoms. The van der Waals surface area contributed by atoms with Gasteiger partial charge < -0.3 is 24.4 Å². The van der Waals surface area contributed by atoms with E-state index in [0.29, 0.717) is 43.4 Å². The lowest BCUT2D eigenvalue weighted by molar-refractivity contribution is -0.384. The molecule has 3 amide bonds. The molecule has 0 saturated carbocycles. The summed E-state index contributed by atoms with van der Waals surface area (Å²) in [7, 11) is 1.51. The number of urea groups is 1. The molecule has 0 aliphatic carbocycles. The van der Waals surface area contributed by atoms with Gasteiger partial charge in [-0.25, -0.2) is 9.59 Å². The molecule has 0 aromatic heterocycles. The van der Waals surface area contributed by atoms with Crippen LogP contribution in [0.25, 0.3) is 0 Å². The van der Waals surface area contributed by atoms with E-state index in [-0.39, 0.29) is 11.3 Å². The molecule has 1 saturated heterocycles. The van der Waals surface area contributed by atoms with Crippen LogP contribution in [0.1, 0.15) is 10.4 Å². The summed E-state index contributed by atoms with van der Waals surface area (Å²) in [5.41, 5.74) is 0.514. The van der Waals surface area contributed by atoms with Crippen molar-refractivity contribution < 1.29 is 33.5 Å². The average Bonchev–Trinajstić information content (AvgIpc) is 2.83. The number of imide groups is 1. The summed E-state index contributed by atoms with van der Waals surface area (Å²) in [5, 5.41) is 15.6. The number of nitrogens with one attached hydrogen (secondary N) is 2. The number of carbonyl (C=O) groups is 3. The molecule has 1 fully saturated rings. The van der Waals surface area contributed by atoms with Crippen molar-refractivity contribution in [3.8, 4) is 5.75 Å². The van der Waals surface area contributed by atoms with E-state index in [0.717, 1.165) is 6.07 Å². The third-order valence-corrected chi connectivity index (χ3v) is 4.70. The molecule has 1 aliphatic heterocycles. The monoisotopic (exact) mass is 458 g/mol. The maximum Gasteiger partial charge on any atom is 0.341 e. The maximum absolute atomic E-state index is 12.6. The van der Waals surface area contributed by atoms with Crippen LogP contribution in [-0.2, 0) is 14.3 Å². The van der Waals surface area contributed by atoms with E-state index in [2.05, 4.69) is 5.32 Å². The van der Waals surface area contributed by atoms with Gasteiger partial charge in [-0.2, -0.15) is 0 Å². The van der Waals surface area contributed by atoms with Gasteiger partial charge in [-0.3, -0.25) is 20.2 Å². The number of anilines is 2. The molecule has 2 aromatic carbocycles. The predicted octanol–water partition coefficient (Wildman–Crippen LogP) is 1.95. The minimum atomic E-state index is -0.925. The molecule has 174 valence electrons. The number of nitro groups is 1. The van der Waals surface area contributed by atoms with E-state index >= 15 is 0 Å². The van der Waals surface area contributed by atoms with Gasteiger partial charge in [0.05, 0.1) is 36.5 Å². The van der Waals surface area contributed by atoms with Gasteiger partial charge in [-0.1, -0.05) is 0 Å². The highest BCUT2D eigenvalue weighted by Crippen LogP contribution is 2.27. The molecule has 0 spiro atoms. The van der Waals surface area contributed by atoms with Crippen molar-refractivity contribution in [2.24, 2.45) is 0 Å². The molecule has 0 bridgehead atoms. The van der Waals surface area contributed by atoms with E-state index in [1.54, 1.807) is 24.3 Å². The largest absolute Gasteiger partial charge is 0.497 e. The first kappa shape index (κ1) is 23.5. The summed E-state index contributed by atoms with van der Waals surface area (Å²) >= 11 is 0. The van der Waals surface area contributed by atoms with E-state index in [1.165, 1.54) is 19.2 Å². The Bertz CT molecular complexity index is 1040. The normalized spacial score (nSPS) is 13.1. The first-order valence-electron chi connectivity index (χ1n) is 9.90. The zero-order valence-electron chi connectivity index (χ0n) is 17.7. The van der Waals surface area contributed by atoms with Crippen LogP contribution in [0.4, 0.5) is 21.9 Å². The first-order valence-corrected chi connectivity index (χ1v) is 9.90. The number of non-ortho nitro benzene ring substituents is 1. The fourth-order valence-corrected chi connectivity index (χ4v) is 3.09. The number of rotatable bonds is 7. The van der Waals surface area contributed by atoms with Crippen LogP contribution in [0.5, 0.6) is 5.75 Å². The molecule has 12 nitrogen and oxygen atoms in total. The second kappa shape index (κ2) is 10.9. The van der Waals surface area contributed by atoms with Crippen molar-refractivity contribution in [2.45, 2.75) is 0 Å². The first-order chi connectivity index (χ1) is 15.9. The van der Waals surface area contributed by atoms with Gasteiger partial charge in [0.25, 0.3) is 11.6 Å². The zero-order chi connectivity index (χ0) is 23.8. The van der Waals surface area contributed by atoms with Crippen molar-refractivity contribution in [3.05, 3.63) is 58.1 Å². The van der Waals surface area contributed by atoms with E-state index in [1.807, 2.05) is 10.2 Å². The quantitative estimate of drug-likeness (QED) is 0.360. The topological polar surface area (TPSA) is 149 Å². The Hall–Kier alpha value is -4.19. The standard InChI is InChI=1S/C21H22N4O8/c1-31-16-5-2-14(3-6-16)22-21(28)23-19(26)13-33-20(27)17-12-15(25(29)30)4-7-18(17)24-8-10-32-11-9-24/h2-7,12H,8-11,13H2,1H3,(H2,22,23,26,28). The molecular weight excluding hydrogens is 436 g/mol. The Balaban J connectivity index is 1.60. The van der Waals surface area contributed by atoms with Gasteiger partial charge in [0, 0.05) is 30.9 Å². The molecule has 3 rings (SSSR count). The fourth-order valence-electron chi connectivity index (χ4n) is 3.09. The summed E-state index contributed by atoms with van der Waals surface area (Å²) in [6.45, 7) is 1.11. The van der Waals surface area contributed by atoms with Gasteiger partial charge in [-0.05, 0) is 30.3 Å². The molecule has 12 heteroatoms. The van der Waals surface area contributed by atoms with Crippen LogP contribution in [-0.4, -0.2) is 62.9 Å². The van der Waals surface area contributed by atoms with E-state index < -0.39 is 29.4 Å². The van der Waals surface area contributed by atoms with Crippen molar-refractivity contribution in [3.63, 3.8) is 0 Å². The number of hydrogen-bond acceptors (Lipinski definition) is 9. The highest BCUT2D eigenvalue weighted by atomic mass is 16.6. The smallest absolute Gasteiger partial charge is 0.341 e. The number of amides is 3. The minimum Gasteiger partial charge on any atom is -0.497 e. The number of hydrogen-bond donors (Lipinski definition) is 2. The summed E-state index contributed by atoms with van der Waals surface area (Å²) in [4.78, 5) is 49.0. The molecule has 0 radical (unpaired) electrons. The average molecular weight is 458 g/mol. The number of esters is 1. The number of methoxy groups -OCH3 is 1. The number of ether oxygens (including phenoxy) is 3. The van der Waals surface area contributed by atoms with Gasteiger partial charge in [0.15, 0.2) is 6.61 Å². The van der Waals surface area contributed by atoms with E-state index in [4.69, 9.17) is 14.2 Å². The Morgan fingerprint density at radius 1 is 1.12 bits per heavy atom.